The van der Waals surface area contributed by atoms with E-state index in [0.717, 1.165) is 50.8 Å². The van der Waals surface area contributed by atoms with Crippen molar-refractivity contribution in [3.05, 3.63) is 64.7 Å². The van der Waals surface area contributed by atoms with E-state index in [2.05, 4.69) is 32.6 Å². The van der Waals surface area contributed by atoms with Gasteiger partial charge in [0.2, 0.25) is 0 Å². The number of piperazine rings is 1. The molecule has 0 radical (unpaired) electrons. The average molecular weight is 445 g/mol. The summed E-state index contributed by atoms with van der Waals surface area (Å²) in [5.41, 5.74) is 1.87. The van der Waals surface area contributed by atoms with E-state index >= 15 is 0 Å². The number of ether oxygens (including phenoxy) is 1. The molecule has 1 saturated heterocycles. The van der Waals surface area contributed by atoms with Crippen molar-refractivity contribution in [3.8, 4) is 5.75 Å². The topological polar surface area (TPSA) is 32.8 Å². The van der Waals surface area contributed by atoms with Crippen molar-refractivity contribution in [2.24, 2.45) is 11.8 Å². The predicted molar refractivity (Wildman–Crippen MR) is 123 cm³/mol. The predicted octanol–water partition coefficient (Wildman–Crippen LogP) is 5.16. The standard InChI is InChI=1S/C26H34F2N2O2/c1-18(2)13-22-14-20(26(31)30-11-9-29(10-12-30)16-19(3)4)6-8-25(22)32-17-21-5-7-23(27)15-24(21)28/h5-8,14-15,18-19H,9-13,16-17H2,1-4H3. The third-order valence-electron chi connectivity index (χ3n) is 5.62. The summed E-state index contributed by atoms with van der Waals surface area (Å²) in [6.45, 7) is 12.9. The highest BCUT2D eigenvalue weighted by Crippen LogP contribution is 2.26. The second-order valence-electron chi connectivity index (χ2n) is 9.43. The first-order chi connectivity index (χ1) is 15.2. The molecule has 2 aromatic carbocycles. The molecule has 32 heavy (non-hydrogen) atoms. The minimum Gasteiger partial charge on any atom is -0.489 e. The van der Waals surface area contributed by atoms with Crippen molar-refractivity contribution in [2.75, 3.05) is 32.7 Å². The van der Waals surface area contributed by atoms with Crippen LogP contribution in [0, 0.1) is 23.5 Å². The molecule has 0 bridgehead atoms. The number of hydrogen-bond acceptors (Lipinski definition) is 3. The van der Waals surface area contributed by atoms with E-state index in [4.69, 9.17) is 4.74 Å². The third kappa shape index (κ3) is 6.52. The zero-order valence-electron chi connectivity index (χ0n) is 19.5. The van der Waals surface area contributed by atoms with Gasteiger partial charge in [0.1, 0.15) is 24.0 Å². The first-order valence-corrected chi connectivity index (χ1v) is 11.4. The summed E-state index contributed by atoms with van der Waals surface area (Å²) >= 11 is 0. The van der Waals surface area contributed by atoms with Crippen molar-refractivity contribution in [3.63, 3.8) is 0 Å². The molecular weight excluding hydrogens is 410 g/mol. The van der Waals surface area contributed by atoms with E-state index < -0.39 is 11.6 Å². The van der Waals surface area contributed by atoms with Gasteiger partial charge in [-0.2, -0.15) is 0 Å². The van der Waals surface area contributed by atoms with Crippen LogP contribution in [0.25, 0.3) is 0 Å². The Balaban J connectivity index is 1.71. The van der Waals surface area contributed by atoms with Gasteiger partial charge < -0.3 is 9.64 Å². The molecule has 1 fully saturated rings. The van der Waals surface area contributed by atoms with Crippen LogP contribution in [-0.4, -0.2) is 48.4 Å². The molecule has 1 aliphatic rings. The van der Waals surface area contributed by atoms with E-state index in [9.17, 15) is 13.6 Å². The van der Waals surface area contributed by atoms with Gasteiger partial charge in [0, 0.05) is 49.9 Å². The van der Waals surface area contributed by atoms with Gasteiger partial charge in [-0.1, -0.05) is 27.7 Å². The van der Waals surface area contributed by atoms with Crippen LogP contribution >= 0.6 is 0 Å². The summed E-state index contributed by atoms with van der Waals surface area (Å²) < 4.78 is 33.0. The molecule has 174 valence electrons. The van der Waals surface area contributed by atoms with E-state index in [1.165, 1.54) is 12.1 Å². The average Bonchev–Trinajstić information content (AvgIpc) is 2.73. The Hall–Kier alpha value is -2.47. The molecule has 2 aromatic rings. The number of halogens is 2. The summed E-state index contributed by atoms with van der Waals surface area (Å²) in [7, 11) is 0. The lowest BCUT2D eigenvalue weighted by Crippen LogP contribution is -2.49. The Kier molecular flexibility index (Phi) is 8.24. The first kappa shape index (κ1) is 24.2. The molecule has 3 rings (SSSR count). The summed E-state index contributed by atoms with van der Waals surface area (Å²) in [5, 5.41) is 0. The number of carbonyl (C=O) groups excluding carboxylic acids is 1. The lowest BCUT2D eigenvalue weighted by molar-refractivity contribution is 0.0623. The van der Waals surface area contributed by atoms with Crippen LogP contribution in [0.3, 0.4) is 0 Å². The number of carbonyl (C=O) groups is 1. The van der Waals surface area contributed by atoms with E-state index in [0.29, 0.717) is 28.7 Å². The SMILES string of the molecule is CC(C)Cc1cc(C(=O)N2CCN(CC(C)C)CC2)ccc1OCc1ccc(F)cc1F. The van der Waals surface area contributed by atoms with E-state index in [1.807, 2.05) is 11.0 Å². The molecule has 0 atom stereocenters. The fourth-order valence-corrected chi connectivity index (χ4v) is 4.08. The minimum atomic E-state index is -0.626. The maximum Gasteiger partial charge on any atom is 0.253 e. The maximum atomic E-state index is 14.0. The second kappa shape index (κ2) is 10.9. The summed E-state index contributed by atoms with van der Waals surface area (Å²) in [4.78, 5) is 17.4. The van der Waals surface area contributed by atoms with Gasteiger partial charge >= 0.3 is 0 Å². The van der Waals surface area contributed by atoms with Gasteiger partial charge in [-0.25, -0.2) is 8.78 Å². The second-order valence-corrected chi connectivity index (χ2v) is 9.43. The van der Waals surface area contributed by atoms with Crippen molar-refractivity contribution in [1.82, 2.24) is 9.80 Å². The zero-order valence-corrected chi connectivity index (χ0v) is 19.5. The van der Waals surface area contributed by atoms with Crippen molar-refractivity contribution < 1.29 is 18.3 Å². The number of rotatable bonds is 8. The molecule has 0 unspecified atom stereocenters. The number of nitrogens with zero attached hydrogens (tertiary/aromatic N) is 2. The highest BCUT2D eigenvalue weighted by molar-refractivity contribution is 5.94. The van der Waals surface area contributed by atoms with Crippen molar-refractivity contribution in [2.45, 2.75) is 40.7 Å². The number of benzene rings is 2. The molecule has 4 nitrogen and oxygen atoms in total. The lowest BCUT2D eigenvalue weighted by Gasteiger charge is -2.35. The van der Waals surface area contributed by atoms with Crippen LogP contribution in [0.1, 0.15) is 49.2 Å². The van der Waals surface area contributed by atoms with Gasteiger partial charge in [0.05, 0.1) is 0 Å². The lowest BCUT2D eigenvalue weighted by atomic mass is 9.99. The van der Waals surface area contributed by atoms with Crippen LogP contribution in [-0.2, 0) is 13.0 Å². The third-order valence-corrected chi connectivity index (χ3v) is 5.62. The van der Waals surface area contributed by atoms with Gasteiger partial charge in [0.25, 0.3) is 5.91 Å². The van der Waals surface area contributed by atoms with Crippen LogP contribution in [0.4, 0.5) is 8.78 Å². The monoisotopic (exact) mass is 444 g/mol. The number of hydrogen-bond donors (Lipinski definition) is 0. The van der Waals surface area contributed by atoms with Gasteiger partial charge in [-0.15, -0.1) is 0 Å². The fourth-order valence-electron chi connectivity index (χ4n) is 4.08. The normalized spacial score (nSPS) is 14.9. The van der Waals surface area contributed by atoms with Crippen LogP contribution in [0.2, 0.25) is 0 Å². The maximum absolute atomic E-state index is 14.0. The molecule has 1 aliphatic heterocycles. The molecule has 0 aromatic heterocycles. The van der Waals surface area contributed by atoms with Crippen molar-refractivity contribution >= 4 is 5.91 Å². The molecule has 6 heteroatoms. The quantitative estimate of drug-likeness (QED) is 0.564. The Morgan fingerprint density at radius 1 is 0.938 bits per heavy atom. The fraction of sp³-hybridized carbons (Fsp3) is 0.500. The highest BCUT2D eigenvalue weighted by Gasteiger charge is 2.23. The molecule has 1 heterocycles. The van der Waals surface area contributed by atoms with Gasteiger partial charge in [-0.3, -0.25) is 9.69 Å². The molecular formula is C26H34F2N2O2. The van der Waals surface area contributed by atoms with Crippen LogP contribution in [0.5, 0.6) is 5.75 Å². The highest BCUT2D eigenvalue weighted by atomic mass is 19.1. The smallest absolute Gasteiger partial charge is 0.253 e. The van der Waals surface area contributed by atoms with Crippen molar-refractivity contribution in [1.29, 1.82) is 0 Å². The largest absolute Gasteiger partial charge is 0.489 e. The summed E-state index contributed by atoms with van der Waals surface area (Å²) in [6.07, 6.45) is 0.741. The van der Waals surface area contributed by atoms with Crippen LogP contribution < -0.4 is 4.74 Å². The van der Waals surface area contributed by atoms with Gasteiger partial charge in [0.15, 0.2) is 0 Å². The molecule has 0 aliphatic carbocycles. The number of amides is 1. The molecule has 0 saturated carbocycles. The van der Waals surface area contributed by atoms with E-state index in [-0.39, 0.29) is 12.5 Å². The van der Waals surface area contributed by atoms with Crippen LogP contribution in [0.15, 0.2) is 36.4 Å². The Bertz CT molecular complexity index is 922. The molecule has 0 spiro atoms. The summed E-state index contributed by atoms with van der Waals surface area (Å²) in [5.74, 6) is 0.408. The Morgan fingerprint density at radius 2 is 1.66 bits per heavy atom. The zero-order chi connectivity index (χ0) is 23.3. The molecule has 1 amide bonds. The summed E-state index contributed by atoms with van der Waals surface area (Å²) in [6, 6.07) is 8.95. The minimum absolute atomic E-state index is 0.00229. The molecule has 0 N–H and O–H groups in total. The Labute approximate surface area is 190 Å². The Morgan fingerprint density at radius 3 is 2.28 bits per heavy atom. The van der Waals surface area contributed by atoms with E-state index in [1.54, 1.807) is 12.1 Å². The van der Waals surface area contributed by atoms with Gasteiger partial charge in [-0.05, 0) is 54.2 Å². The first-order valence-electron chi connectivity index (χ1n) is 11.4.